The van der Waals surface area contributed by atoms with E-state index in [2.05, 4.69) is 80.6 Å². The van der Waals surface area contributed by atoms with Crippen LogP contribution in [0.15, 0.2) is 136 Å². The molecular weight excluding hydrogens is 578 g/mol. The predicted octanol–water partition coefficient (Wildman–Crippen LogP) is 11.0. The molecule has 0 atom stereocenters. The molecule has 222 valence electrons. The first kappa shape index (κ1) is 26.2. The molecular formula is C42H27N3O2. The lowest BCUT2D eigenvalue weighted by Crippen LogP contribution is -2.17. The van der Waals surface area contributed by atoms with E-state index in [0.29, 0.717) is 17.5 Å². The van der Waals surface area contributed by atoms with Crippen LogP contribution in [0.4, 0.5) is 0 Å². The molecule has 1 aliphatic carbocycles. The van der Waals surface area contributed by atoms with Gasteiger partial charge in [-0.25, -0.2) is 15.0 Å². The highest BCUT2D eigenvalue weighted by Crippen LogP contribution is 2.51. The number of para-hydroxylation sites is 2. The lowest BCUT2D eigenvalue weighted by molar-refractivity contribution is 0.661. The van der Waals surface area contributed by atoms with Crippen molar-refractivity contribution in [3.05, 3.63) is 139 Å². The van der Waals surface area contributed by atoms with Crippen LogP contribution in [-0.4, -0.2) is 15.0 Å². The van der Waals surface area contributed by atoms with Crippen molar-refractivity contribution in [2.75, 3.05) is 0 Å². The molecule has 5 heteroatoms. The topological polar surface area (TPSA) is 65.0 Å². The minimum Gasteiger partial charge on any atom is -0.456 e. The van der Waals surface area contributed by atoms with Gasteiger partial charge in [-0.2, -0.15) is 0 Å². The van der Waals surface area contributed by atoms with Gasteiger partial charge in [-0.15, -0.1) is 0 Å². The molecule has 0 fully saturated rings. The third-order valence-electron chi connectivity index (χ3n) is 9.73. The third kappa shape index (κ3) is 3.80. The van der Waals surface area contributed by atoms with Gasteiger partial charge >= 0.3 is 0 Å². The Morgan fingerprint density at radius 3 is 1.55 bits per heavy atom. The lowest BCUT2D eigenvalue weighted by Gasteiger charge is -2.24. The summed E-state index contributed by atoms with van der Waals surface area (Å²) in [5.41, 5.74) is 11.0. The summed E-state index contributed by atoms with van der Waals surface area (Å²) < 4.78 is 12.3. The maximum Gasteiger partial charge on any atom is 0.164 e. The highest BCUT2D eigenvalue weighted by Gasteiger charge is 2.38. The minimum absolute atomic E-state index is 0.223. The van der Waals surface area contributed by atoms with Gasteiger partial charge in [0.25, 0.3) is 0 Å². The summed E-state index contributed by atoms with van der Waals surface area (Å²) >= 11 is 0. The van der Waals surface area contributed by atoms with Gasteiger partial charge in [0.05, 0.1) is 0 Å². The van der Waals surface area contributed by atoms with E-state index in [9.17, 15) is 0 Å². The van der Waals surface area contributed by atoms with Crippen molar-refractivity contribution in [1.82, 2.24) is 15.0 Å². The fraction of sp³-hybridized carbons (Fsp3) is 0.0714. The Morgan fingerprint density at radius 1 is 0.426 bits per heavy atom. The molecule has 9 aromatic rings. The van der Waals surface area contributed by atoms with Gasteiger partial charge in [-0.1, -0.05) is 92.7 Å². The van der Waals surface area contributed by atoms with E-state index in [1.54, 1.807) is 0 Å². The highest BCUT2D eigenvalue weighted by molar-refractivity contribution is 6.07. The molecule has 0 unspecified atom stereocenters. The number of hydrogen-bond donors (Lipinski definition) is 0. The summed E-state index contributed by atoms with van der Waals surface area (Å²) in [5.74, 6) is 1.87. The molecule has 47 heavy (non-hydrogen) atoms. The molecule has 0 aliphatic heterocycles. The van der Waals surface area contributed by atoms with Crippen molar-refractivity contribution < 1.29 is 8.83 Å². The Morgan fingerprint density at radius 2 is 0.915 bits per heavy atom. The van der Waals surface area contributed by atoms with E-state index in [0.717, 1.165) is 60.6 Å². The van der Waals surface area contributed by atoms with Gasteiger partial charge in [0.2, 0.25) is 0 Å². The van der Waals surface area contributed by atoms with Gasteiger partial charge in [-0.05, 0) is 70.8 Å². The molecule has 0 N–H and O–H groups in total. The average molecular weight is 606 g/mol. The molecule has 0 bridgehead atoms. The van der Waals surface area contributed by atoms with Crippen LogP contribution in [-0.2, 0) is 5.41 Å². The SMILES string of the molecule is CC1(C)c2ccccc2-c2cccc(-c3nc(-c4ccc5oc6ccccc6c5c4)nc(-c4ccc5oc6ccccc6c5c4)n3)c21. The number of fused-ring (bicyclic) bond motifs is 9. The summed E-state index contributed by atoms with van der Waals surface area (Å²) in [6.45, 7) is 4.58. The first-order chi connectivity index (χ1) is 23.0. The fourth-order valence-corrected chi connectivity index (χ4v) is 7.52. The molecule has 3 heterocycles. The normalized spacial score (nSPS) is 13.5. The first-order valence-corrected chi connectivity index (χ1v) is 15.9. The number of rotatable bonds is 3. The number of aromatic nitrogens is 3. The van der Waals surface area contributed by atoms with Crippen LogP contribution in [0.1, 0.15) is 25.0 Å². The van der Waals surface area contributed by atoms with E-state index in [-0.39, 0.29) is 5.41 Å². The summed E-state index contributed by atoms with van der Waals surface area (Å²) in [6.07, 6.45) is 0. The third-order valence-corrected chi connectivity index (χ3v) is 9.73. The molecule has 0 amide bonds. The van der Waals surface area contributed by atoms with Crippen LogP contribution in [0, 0.1) is 0 Å². The molecule has 0 saturated heterocycles. The van der Waals surface area contributed by atoms with Crippen LogP contribution in [0.2, 0.25) is 0 Å². The van der Waals surface area contributed by atoms with Crippen molar-refractivity contribution >= 4 is 43.9 Å². The number of nitrogens with zero attached hydrogens (tertiary/aromatic N) is 3. The van der Waals surface area contributed by atoms with E-state index in [4.69, 9.17) is 23.8 Å². The Bertz CT molecular complexity index is 2600. The Labute approximate surface area is 270 Å². The van der Waals surface area contributed by atoms with Gasteiger partial charge in [0.15, 0.2) is 17.5 Å². The van der Waals surface area contributed by atoms with E-state index < -0.39 is 0 Å². The van der Waals surface area contributed by atoms with Gasteiger partial charge in [0.1, 0.15) is 22.3 Å². The van der Waals surface area contributed by atoms with Crippen LogP contribution in [0.3, 0.4) is 0 Å². The van der Waals surface area contributed by atoms with Gasteiger partial charge < -0.3 is 8.83 Å². The molecule has 6 aromatic carbocycles. The molecule has 1 aliphatic rings. The monoisotopic (exact) mass is 605 g/mol. The number of benzene rings is 6. The largest absolute Gasteiger partial charge is 0.456 e. The quantitative estimate of drug-likeness (QED) is 0.200. The maximum absolute atomic E-state index is 6.14. The molecule has 3 aromatic heterocycles. The second-order valence-electron chi connectivity index (χ2n) is 12.8. The van der Waals surface area contributed by atoms with Gasteiger partial charge in [-0.3, -0.25) is 0 Å². The zero-order valence-corrected chi connectivity index (χ0v) is 25.8. The van der Waals surface area contributed by atoms with E-state index in [1.165, 1.54) is 22.3 Å². The molecule has 10 rings (SSSR count). The zero-order valence-electron chi connectivity index (χ0n) is 25.8. The van der Waals surface area contributed by atoms with Crippen LogP contribution < -0.4 is 0 Å². The van der Waals surface area contributed by atoms with Crippen molar-refractivity contribution in [2.45, 2.75) is 19.3 Å². The van der Waals surface area contributed by atoms with Gasteiger partial charge in [0, 0.05) is 43.7 Å². The van der Waals surface area contributed by atoms with Crippen LogP contribution in [0.25, 0.3) is 89.2 Å². The van der Waals surface area contributed by atoms with Crippen molar-refractivity contribution in [2.24, 2.45) is 0 Å². The summed E-state index contributed by atoms with van der Waals surface area (Å²) in [7, 11) is 0. The van der Waals surface area contributed by atoms with E-state index >= 15 is 0 Å². The predicted molar refractivity (Wildman–Crippen MR) is 188 cm³/mol. The lowest BCUT2D eigenvalue weighted by atomic mass is 9.80. The first-order valence-electron chi connectivity index (χ1n) is 15.9. The standard InChI is InChI=1S/C42H27N3O2/c1-42(2)33-15-6-3-10-26(33)29-13-9-14-30(38(29)42)41-44-39(24-18-20-36-31(22-24)27-11-4-7-16-34(27)46-36)43-40(45-41)25-19-21-37-32(23-25)28-12-5-8-17-35(28)47-37/h3-23H,1-2H3. The summed E-state index contributed by atoms with van der Waals surface area (Å²) in [5, 5.41) is 4.20. The van der Waals surface area contributed by atoms with Crippen molar-refractivity contribution in [3.8, 4) is 45.3 Å². The van der Waals surface area contributed by atoms with Crippen molar-refractivity contribution in [3.63, 3.8) is 0 Å². The van der Waals surface area contributed by atoms with E-state index in [1.807, 2.05) is 60.7 Å². The fourth-order valence-electron chi connectivity index (χ4n) is 7.52. The van der Waals surface area contributed by atoms with Crippen LogP contribution in [0.5, 0.6) is 0 Å². The highest BCUT2D eigenvalue weighted by atomic mass is 16.3. The molecule has 0 spiro atoms. The smallest absolute Gasteiger partial charge is 0.164 e. The summed E-state index contributed by atoms with van der Waals surface area (Å²) in [6, 6.07) is 43.8. The summed E-state index contributed by atoms with van der Waals surface area (Å²) in [4.78, 5) is 15.5. The maximum atomic E-state index is 6.14. The molecule has 5 nitrogen and oxygen atoms in total. The van der Waals surface area contributed by atoms with Crippen molar-refractivity contribution in [1.29, 1.82) is 0 Å². The molecule has 0 radical (unpaired) electrons. The number of furan rings is 2. The second-order valence-corrected chi connectivity index (χ2v) is 12.8. The van der Waals surface area contributed by atoms with Crippen LogP contribution >= 0.6 is 0 Å². The minimum atomic E-state index is -0.223. The second kappa shape index (κ2) is 9.47. The Balaban J connectivity index is 1.23. The Hall–Kier alpha value is -6.07. The molecule has 0 saturated carbocycles. The average Bonchev–Trinajstić information content (AvgIpc) is 3.75. The number of hydrogen-bond acceptors (Lipinski definition) is 5. The zero-order chi connectivity index (χ0) is 31.3. The Kier molecular flexibility index (Phi) is 5.28.